The minimum Gasteiger partial charge on any atom is -0.377 e. The smallest absolute Gasteiger partial charge is 0.0678 e. The van der Waals surface area contributed by atoms with Gasteiger partial charge >= 0.3 is 0 Å². The topological polar surface area (TPSA) is 9.23 Å². The average Bonchev–Trinajstić information content (AvgIpc) is 2.67. The van der Waals surface area contributed by atoms with Gasteiger partial charge in [-0.25, -0.2) is 0 Å². The van der Waals surface area contributed by atoms with Crippen LogP contribution in [-0.4, -0.2) is 12.7 Å². The predicted octanol–water partition coefficient (Wildman–Crippen LogP) is 2.82. The Hall–Kier alpha value is -1.08. The van der Waals surface area contributed by atoms with Crippen LogP contribution in [0.2, 0.25) is 0 Å². The zero-order valence-corrected chi connectivity index (χ0v) is 8.36. The molecule has 0 bridgehead atoms. The second-order valence-electron chi connectivity index (χ2n) is 3.79. The standard InChI is InChI=1S/C13H16O/c1-2-12-8-9-14-13(12)10-11-6-4-3-5-7-11/h2-7,12-13H,1,8-10H2/t12-,13-/m0/s1. The van der Waals surface area contributed by atoms with E-state index in [2.05, 4.69) is 30.8 Å². The highest BCUT2D eigenvalue weighted by atomic mass is 16.5. The number of rotatable bonds is 3. The Labute approximate surface area is 85.4 Å². The normalized spacial score (nSPS) is 26.3. The van der Waals surface area contributed by atoms with Crippen molar-refractivity contribution in [1.82, 2.24) is 0 Å². The predicted molar refractivity (Wildman–Crippen MR) is 58.2 cm³/mol. The van der Waals surface area contributed by atoms with E-state index in [1.165, 1.54) is 5.56 Å². The molecule has 1 saturated heterocycles. The second-order valence-corrected chi connectivity index (χ2v) is 3.79. The second kappa shape index (κ2) is 4.43. The lowest BCUT2D eigenvalue weighted by Gasteiger charge is -2.14. The molecule has 0 spiro atoms. The Balaban J connectivity index is 2.00. The summed E-state index contributed by atoms with van der Waals surface area (Å²) in [6.07, 6.45) is 4.51. The number of hydrogen-bond donors (Lipinski definition) is 0. The van der Waals surface area contributed by atoms with Crippen LogP contribution in [0.1, 0.15) is 12.0 Å². The third kappa shape index (κ3) is 2.05. The summed E-state index contributed by atoms with van der Waals surface area (Å²) in [7, 11) is 0. The molecule has 74 valence electrons. The maximum Gasteiger partial charge on any atom is 0.0678 e. The molecule has 1 heteroatoms. The summed E-state index contributed by atoms with van der Waals surface area (Å²) in [6.45, 7) is 4.74. The Morgan fingerprint density at radius 3 is 2.86 bits per heavy atom. The van der Waals surface area contributed by atoms with Crippen molar-refractivity contribution >= 4 is 0 Å². The van der Waals surface area contributed by atoms with E-state index in [0.717, 1.165) is 19.4 Å². The van der Waals surface area contributed by atoms with Crippen molar-refractivity contribution < 1.29 is 4.74 Å². The van der Waals surface area contributed by atoms with Gasteiger partial charge in [0.1, 0.15) is 0 Å². The number of hydrogen-bond acceptors (Lipinski definition) is 1. The van der Waals surface area contributed by atoms with Crippen LogP contribution < -0.4 is 0 Å². The van der Waals surface area contributed by atoms with E-state index in [1.807, 2.05) is 12.1 Å². The number of ether oxygens (including phenoxy) is 1. The van der Waals surface area contributed by atoms with Gasteiger partial charge in [-0.1, -0.05) is 36.4 Å². The Morgan fingerprint density at radius 1 is 1.36 bits per heavy atom. The fraction of sp³-hybridized carbons (Fsp3) is 0.385. The third-order valence-electron chi connectivity index (χ3n) is 2.84. The molecule has 2 rings (SSSR count). The summed E-state index contributed by atoms with van der Waals surface area (Å²) < 4.78 is 5.69. The molecule has 0 aromatic heterocycles. The largest absolute Gasteiger partial charge is 0.377 e. The van der Waals surface area contributed by atoms with Gasteiger partial charge in [0.05, 0.1) is 6.10 Å². The van der Waals surface area contributed by atoms with Crippen molar-refractivity contribution in [2.75, 3.05) is 6.61 Å². The summed E-state index contributed by atoms with van der Waals surface area (Å²) in [6, 6.07) is 10.5. The lowest BCUT2D eigenvalue weighted by molar-refractivity contribution is 0.0994. The van der Waals surface area contributed by atoms with Gasteiger partial charge in [-0.2, -0.15) is 0 Å². The maximum absolute atomic E-state index is 5.69. The third-order valence-corrected chi connectivity index (χ3v) is 2.84. The van der Waals surface area contributed by atoms with Crippen LogP contribution in [0.3, 0.4) is 0 Å². The molecule has 0 N–H and O–H groups in total. The van der Waals surface area contributed by atoms with E-state index in [9.17, 15) is 0 Å². The summed E-state index contributed by atoms with van der Waals surface area (Å²) >= 11 is 0. The van der Waals surface area contributed by atoms with Crippen molar-refractivity contribution in [3.8, 4) is 0 Å². The molecule has 1 aliphatic heterocycles. The van der Waals surface area contributed by atoms with Gasteiger partial charge in [0.15, 0.2) is 0 Å². The first-order chi connectivity index (χ1) is 6.90. The highest BCUT2D eigenvalue weighted by Crippen LogP contribution is 2.24. The fourth-order valence-corrected chi connectivity index (χ4v) is 1.99. The monoisotopic (exact) mass is 188 g/mol. The van der Waals surface area contributed by atoms with Crippen LogP contribution in [-0.2, 0) is 11.2 Å². The first-order valence-corrected chi connectivity index (χ1v) is 5.18. The minimum absolute atomic E-state index is 0.342. The molecule has 1 aliphatic rings. The van der Waals surface area contributed by atoms with Gasteiger partial charge in [-0.05, 0) is 18.4 Å². The molecule has 1 nitrogen and oxygen atoms in total. The van der Waals surface area contributed by atoms with E-state index in [4.69, 9.17) is 4.74 Å². The Kier molecular flexibility index (Phi) is 3.00. The fourth-order valence-electron chi connectivity index (χ4n) is 1.99. The van der Waals surface area contributed by atoms with Gasteiger partial charge in [-0.3, -0.25) is 0 Å². The van der Waals surface area contributed by atoms with Gasteiger partial charge in [0.2, 0.25) is 0 Å². The van der Waals surface area contributed by atoms with E-state index < -0.39 is 0 Å². The van der Waals surface area contributed by atoms with Gasteiger partial charge < -0.3 is 4.74 Å². The van der Waals surface area contributed by atoms with Gasteiger partial charge in [-0.15, -0.1) is 6.58 Å². The molecule has 0 aliphatic carbocycles. The molecule has 1 fully saturated rings. The molecule has 14 heavy (non-hydrogen) atoms. The molecule has 0 unspecified atom stereocenters. The lowest BCUT2D eigenvalue weighted by Crippen LogP contribution is -2.16. The van der Waals surface area contributed by atoms with Gasteiger partial charge in [0, 0.05) is 12.5 Å². The van der Waals surface area contributed by atoms with Crippen LogP contribution in [0.4, 0.5) is 0 Å². The zero-order chi connectivity index (χ0) is 9.80. The van der Waals surface area contributed by atoms with Crippen molar-refractivity contribution in [2.24, 2.45) is 5.92 Å². The van der Waals surface area contributed by atoms with Gasteiger partial charge in [0.25, 0.3) is 0 Å². The van der Waals surface area contributed by atoms with Crippen LogP contribution in [0.5, 0.6) is 0 Å². The van der Waals surface area contributed by atoms with E-state index in [0.29, 0.717) is 12.0 Å². The average molecular weight is 188 g/mol. The molecular weight excluding hydrogens is 172 g/mol. The van der Waals surface area contributed by atoms with E-state index in [-0.39, 0.29) is 0 Å². The summed E-state index contributed by atoms with van der Waals surface area (Å²) in [4.78, 5) is 0. The zero-order valence-electron chi connectivity index (χ0n) is 8.36. The van der Waals surface area contributed by atoms with Crippen LogP contribution in [0, 0.1) is 5.92 Å². The molecule has 1 heterocycles. The van der Waals surface area contributed by atoms with Crippen LogP contribution in [0.15, 0.2) is 43.0 Å². The summed E-state index contributed by atoms with van der Waals surface area (Å²) in [5.74, 6) is 0.537. The molecule has 0 saturated carbocycles. The summed E-state index contributed by atoms with van der Waals surface area (Å²) in [5.41, 5.74) is 1.35. The highest BCUT2D eigenvalue weighted by molar-refractivity contribution is 5.16. The Morgan fingerprint density at radius 2 is 2.14 bits per heavy atom. The number of benzene rings is 1. The molecular formula is C13H16O. The quantitative estimate of drug-likeness (QED) is 0.663. The van der Waals surface area contributed by atoms with Crippen molar-refractivity contribution in [3.63, 3.8) is 0 Å². The van der Waals surface area contributed by atoms with Crippen molar-refractivity contribution in [2.45, 2.75) is 18.9 Å². The van der Waals surface area contributed by atoms with Crippen LogP contribution in [0.25, 0.3) is 0 Å². The van der Waals surface area contributed by atoms with Crippen molar-refractivity contribution in [3.05, 3.63) is 48.6 Å². The van der Waals surface area contributed by atoms with E-state index in [1.54, 1.807) is 0 Å². The SMILES string of the molecule is C=C[C@H]1CCO[C@H]1Cc1ccccc1. The van der Waals surface area contributed by atoms with Crippen LogP contribution >= 0.6 is 0 Å². The summed E-state index contributed by atoms with van der Waals surface area (Å²) in [5, 5.41) is 0. The molecule has 0 amide bonds. The maximum atomic E-state index is 5.69. The van der Waals surface area contributed by atoms with E-state index >= 15 is 0 Å². The van der Waals surface area contributed by atoms with Crippen molar-refractivity contribution in [1.29, 1.82) is 0 Å². The molecule has 2 atom stereocenters. The lowest BCUT2D eigenvalue weighted by atomic mass is 9.96. The minimum atomic E-state index is 0.342. The first kappa shape index (κ1) is 9.47. The molecule has 0 radical (unpaired) electrons. The first-order valence-electron chi connectivity index (χ1n) is 5.18. The Bertz CT molecular complexity index is 291. The highest BCUT2D eigenvalue weighted by Gasteiger charge is 2.25. The molecule has 1 aromatic carbocycles. The molecule has 1 aromatic rings.